The van der Waals surface area contributed by atoms with Crippen LogP contribution in [0.3, 0.4) is 0 Å². The van der Waals surface area contributed by atoms with E-state index < -0.39 is 18.0 Å². The van der Waals surface area contributed by atoms with Crippen LogP contribution >= 0.6 is 11.6 Å². The molecule has 0 saturated heterocycles. The lowest BCUT2D eigenvalue weighted by molar-refractivity contribution is -0.151. The Labute approximate surface area is 89.8 Å². The second-order valence-electron chi connectivity index (χ2n) is 3.24. The van der Waals surface area contributed by atoms with Crippen molar-refractivity contribution in [3.05, 3.63) is 0 Å². The van der Waals surface area contributed by atoms with E-state index in [-0.39, 0.29) is 12.3 Å². The number of hydrogen-bond donors (Lipinski definition) is 2. The summed E-state index contributed by atoms with van der Waals surface area (Å²) in [5, 5.41) is 19.6. The Kier molecular flexibility index (Phi) is 6.64. The summed E-state index contributed by atoms with van der Waals surface area (Å²) in [7, 11) is 2.96. The summed E-state index contributed by atoms with van der Waals surface area (Å²) < 4.78 is 9.84. The lowest BCUT2D eigenvalue weighted by Gasteiger charge is -2.31. The molecule has 0 aliphatic carbocycles. The molecule has 86 valence electrons. The maximum atomic E-state index is 9.84. The van der Waals surface area contributed by atoms with Crippen LogP contribution in [0.1, 0.15) is 19.8 Å². The van der Waals surface area contributed by atoms with Crippen LogP contribution < -0.4 is 0 Å². The lowest BCUT2D eigenvalue weighted by Crippen LogP contribution is -2.45. The van der Waals surface area contributed by atoms with Gasteiger partial charge in [0.2, 0.25) is 0 Å². The summed E-state index contributed by atoms with van der Waals surface area (Å²) >= 11 is 5.58. The Bertz CT molecular complexity index is 146. The van der Waals surface area contributed by atoms with Gasteiger partial charge in [0.15, 0.2) is 6.29 Å². The fraction of sp³-hybridized carbons (Fsp3) is 1.00. The third kappa shape index (κ3) is 3.71. The van der Waals surface area contributed by atoms with Crippen molar-refractivity contribution in [3.8, 4) is 0 Å². The fourth-order valence-corrected chi connectivity index (χ4v) is 1.48. The van der Waals surface area contributed by atoms with Crippen molar-refractivity contribution in [2.24, 2.45) is 0 Å². The average molecular weight is 227 g/mol. The molecule has 0 bridgehead atoms. The maximum Gasteiger partial charge on any atom is 0.159 e. The summed E-state index contributed by atoms with van der Waals surface area (Å²) in [6, 6.07) is 0. The topological polar surface area (TPSA) is 58.9 Å². The van der Waals surface area contributed by atoms with E-state index in [1.54, 1.807) is 6.92 Å². The highest BCUT2D eigenvalue weighted by Crippen LogP contribution is 2.21. The third-order valence-electron chi connectivity index (χ3n) is 2.41. The van der Waals surface area contributed by atoms with Gasteiger partial charge in [0, 0.05) is 20.6 Å². The summed E-state index contributed by atoms with van der Waals surface area (Å²) in [5.74, 6) is -0.00911. The second-order valence-corrected chi connectivity index (χ2v) is 3.51. The van der Waals surface area contributed by atoms with Crippen molar-refractivity contribution in [3.63, 3.8) is 0 Å². The molecule has 5 heteroatoms. The predicted molar refractivity (Wildman–Crippen MR) is 54.4 cm³/mol. The molecule has 0 heterocycles. The third-order valence-corrected chi connectivity index (χ3v) is 2.87. The molecule has 0 aliphatic rings. The first-order valence-corrected chi connectivity index (χ1v) is 5.09. The standard InChI is InChI=1S/C9H19ClO4/c1-4-9(12,6-10)7(11)5-8(13-2)14-3/h7-8,11-12H,4-6H2,1-3H3. The molecule has 0 aromatic carbocycles. The van der Waals surface area contributed by atoms with E-state index >= 15 is 0 Å². The molecule has 2 atom stereocenters. The summed E-state index contributed by atoms with van der Waals surface area (Å²) in [4.78, 5) is 0. The number of aliphatic hydroxyl groups excluding tert-OH is 1. The largest absolute Gasteiger partial charge is 0.390 e. The highest BCUT2D eigenvalue weighted by molar-refractivity contribution is 6.18. The van der Waals surface area contributed by atoms with Crippen LogP contribution in [0.2, 0.25) is 0 Å². The van der Waals surface area contributed by atoms with Gasteiger partial charge < -0.3 is 19.7 Å². The number of ether oxygens (including phenoxy) is 2. The zero-order valence-electron chi connectivity index (χ0n) is 8.86. The van der Waals surface area contributed by atoms with E-state index in [0.29, 0.717) is 6.42 Å². The lowest BCUT2D eigenvalue weighted by atomic mass is 9.93. The molecule has 0 radical (unpaired) electrons. The molecular weight excluding hydrogens is 208 g/mol. The van der Waals surface area contributed by atoms with Crippen molar-refractivity contribution in [1.29, 1.82) is 0 Å². The fourth-order valence-electron chi connectivity index (χ4n) is 1.11. The summed E-state index contributed by atoms with van der Waals surface area (Å²) in [6.45, 7) is 1.76. The number of hydrogen-bond acceptors (Lipinski definition) is 4. The number of aliphatic hydroxyl groups is 2. The molecule has 0 aromatic rings. The summed E-state index contributed by atoms with van der Waals surface area (Å²) in [5.41, 5.74) is -1.27. The van der Waals surface area contributed by atoms with Crippen molar-refractivity contribution in [2.45, 2.75) is 37.8 Å². The molecule has 0 fully saturated rings. The van der Waals surface area contributed by atoms with Gasteiger partial charge in [-0.3, -0.25) is 0 Å². The van der Waals surface area contributed by atoms with Gasteiger partial charge in [0.1, 0.15) is 5.60 Å². The van der Waals surface area contributed by atoms with E-state index in [9.17, 15) is 10.2 Å². The zero-order chi connectivity index (χ0) is 11.2. The van der Waals surface area contributed by atoms with Crippen LogP contribution in [0.25, 0.3) is 0 Å². The van der Waals surface area contributed by atoms with E-state index in [2.05, 4.69) is 0 Å². The van der Waals surface area contributed by atoms with Crippen molar-refractivity contribution < 1.29 is 19.7 Å². The summed E-state index contributed by atoms with van der Waals surface area (Å²) in [6.07, 6.45) is -0.886. The number of rotatable bonds is 7. The van der Waals surface area contributed by atoms with Crippen LogP contribution in [0.4, 0.5) is 0 Å². The first kappa shape index (κ1) is 14.1. The van der Waals surface area contributed by atoms with Crippen LogP contribution in [-0.2, 0) is 9.47 Å². The Hall–Kier alpha value is 0.130. The van der Waals surface area contributed by atoms with Crippen LogP contribution in [-0.4, -0.2) is 48.3 Å². The smallest absolute Gasteiger partial charge is 0.159 e. The van der Waals surface area contributed by atoms with Crippen molar-refractivity contribution in [1.82, 2.24) is 0 Å². The Morgan fingerprint density at radius 3 is 2.14 bits per heavy atom. The molecule has 4 nitrogen and oxygen atoms in total. The Morgan fingerprint density at radius 1 is 1.36 bits per heavy atom. The number of alkyl halides is 1. The maximum absolute atomic E-state index is 9.84. The Morgan fingerprint density at radius 2 is 1.86 bits per heavy atom. The number of methoxy groups -OCH3 is 2. The van der Waals surface area contributed by atoms with Gasteiger partial charge in [-0.25, -0.2) is 0 Å². The highest BCUT2D eigenvalue weighted by Gasteiger charge is 2.34. The van der Waals surface area contributed by atoms with Crippen molar-refractivity contribution in [2.75, 3.05) is 20.1 Å². The minimum Gasteiger partial charge on any atom is -0.390 e. The molecule has 14 heavy (non-hydrogen) atoms. The molecule has 0 saturated carbocycles. The van der Waals surface area contributed by atoms with E-state index in [4.69, 9.17) is 21.1 Å². The van der Waals surface area contributed by atoms with E-state index in [1.807, 2.05) is 0 Å². The van der Waals surface area contributed by atoms with E-state index in [0.717, 1.165) is 0 Å². The molecule has 0 aromatic heterocycles. The van der Waals surface area contributed by atoms with Gasteiger partial charge >= 0.3 is 0 Å². The van der Waals surface area contributed by atoms with Gasteiger partial charge in [-0.1, -0.05) is 6.92 Å². The molecule has 2 N–H and O–H groups in total. The monoisotopic (exact) mass is 226 g/mol. The molecular formula is C9H19ClO4. The molecule has 0 rings (SSSR count). The van der Waals surface area contributed by atoms with Crippen molar-refractivity contribution >= 4 is 11.6 Å². The van der Waals surface area contributed by atoms with Gasteiger partial charge in [-0.05, 0) is 6.42 Å². The predicted octanol–water partition coefficient (Wildman–Crippen LogP) is 0.736. The van der Waals surface area contributed by atoms with Crippen LogP contribution in [0.15, 0.2) is 0 Å². The minimum atomic E-state index is -1.27. The van der Waals surface area contributed by atoms with Gasteiger partial charge in [0.05, 0.1) is 12.0 Å². The molecule has 0 aliphatic heterocycles. The first-order valence-electron chi connectivity index (χ1n) is 4.56. The second kappa shape index (κ2) is 6.58. The normalized spacial score (nSPS) is 18.2. The van der Waals surface area contributed by atoms with Crippen LogP contribution in [0.5, 0.6) is 0 Å². The SMILES string of the molecule is CCC(O)(CCl)C(O)CC(OC)OC. The van der Waals surface area contributed by atoms with Gasteiger partial charge in [-0.2, -0.15) is 0 Å². The molecule has 0 amide bonds. The van der Waals surface area contributed by atoms with E-state index in [1.165, 1.54) is 14.2 Å². The quantitative estimate of drug-likeness (QED) is 0.497. The molecule has 2 unspecified atom stereocenters. The molecule has 0 spiro atoms. The highest BCUT2D eigenvalue weighted by atomic mass is 35.5. The minimum absolute atomic E-state index is 0.00911. The van der Waals surface area contributed by atoms with Gasteiger partial charge in [-0.15, -0.1) is 11.6 Å². The zero-order valence-corrected chi connectivity index (χ0v) is 9.62. The average Bonchev–Trinajstić information content (AvgIpc) is 2.24. The Balaban J connectivity index is 4.22. The van der Waals surface area contributed by atoms with Crippen LogP contribution in [0, 0.1) is 0 Å². The number of halogens is 1. The first-order chi connectivity index (χ1) is 6.53. The van der Waals surface area contributed by atoms with Gasteiger partial charge in [0.25, 0.3) is 0 Å².